The van der Waals surface area contributed by atoms with E-state index < -0.39 is 6.04 Å². The quantitative estimate of drug-likeness (QED) is 0.210. The minimum Gasteiger partial charge on any atom is -0.493 e. The van der Waals surface area contributed by atoms with Crippen LogP contribution in [-0.4, -0.2) is 72.8 Å². The Morgan fingerprint density at radius 1 is 0.795 bits per heavy atom. The van der Waals surface area contributed by atoms with E-state index in [1.807, 2.05) is 18.2 Å². The number of esters is 1. The predicted octanol–water partition coefficient (Wildman–Crippen LogP) is 5.01. The van der Waals surface area contributed by atoms with Gasteiger partial charge in [0.1, 0.15) is 13.1 Å². The van der Waals surface area contributed by atoms with Gasteiger partial charge in [-0.05, 0) is 24.1 Å². The minimum absolute atomic E-state index is 0.246. The number of carbonyl (C=O) groups is 1. The summed E-state index contributed by atoms with van der Waals surface area (Å²) in [6.07, 6.45) is 2.48. The largest absolute Gasteiger partial charge is 0.493 e. The van der Waals surface area contributed by atoms with Crippen molar-refractivity contribution in [2.24, 2.45) is 5.92 Å². The number of hydrogen-bond donors (Lipinski definition) is 0. The number of carbonyl (C=O) groups excluding carboxylic acids is 1. The molecule has 0 saturated carbocycles. The monoisotopic (exact) mass is 544 g/mol. The Labute approximate surface area is 231 Å². The van der Waals surface area contributed by atoms with Gasteiger partial charge in [-0.2, -0.15) is 0 Å². The maximum absolute atomic E-state index is 13.4. The molecule has 0 fully saturated rings. The summed E-state index contributed by atoms with van der Waals surface area (Å²) >= 11 is 0. The van der Waals surface area contributed by atoms with Crippen molar-refractivity contribution in [3.05, 3.63) is 35.9 Å². The molecular formula is C30H42NO8+. The third kappa shape index (κ3) is 5.32. The van der Waals surface area contributed by atoms with Crippen LogP contribution in [0.2, 0.25) is 0 Å². The summed E-state index contributed by atoms with van der Waals surface area (Å²) in [5, 5.41) is 0. The van der Waals surface area contributed by atoms with Crippen molar-refractivity contribution in [1.82, 2.24) is 0 Å². The molecule has 0 amide bonds. The molecule has 0 N–H and O–H groups in total. The fraction of sp³-hybridized carbons (Fsp3) is 0.500. The second-order valence-corrected chi connectivity index (χ2v) is 10.0. The molecule has 39 heavy (non-hydrogen) atoms. The summed E-state index contributed by atoms with van der Waals surface area (Å²) in [5.41, 5.74) is 3.35. The zero-order valence-electron chi connectivity index (χ0n) is 24.6. The summed E-state index contributed by atoms with van der Waals surface area (Å²) in [7, 11) is 11.0. The third-order valence-electron chi connectivity index (χ3n) is 7.37. The van der Waals surface area contributed by atoms with E-state index in [2.05, 4.69) is 20.4 Å². The number of hydrogen-bond acceptors (Lipinski definition) is 8. The highest BCUT2D eigenvalue weighted by Gasteiger charge is 2.47. The normalized spacial score (nSPS) is 14.3. The molecule has 214 valence electrons. The van der Waals surface area contributed by atoms with Crippen LogP contribution in [0.3, 0.4) is 0 Å². The molecule has 0 saturated heterocycles. The van der Waals surface area contributed by atoms with E-state index in [1.54, 1.807) is 42.7 Å². The van der Waals surface area contributed by atoms with Gasteiger partial charge in [-0.25, -0.2) is 4.79 Å². The summed E-state index contributed by atoms with van der Waals surface area (Å²) in [6, 6.07) is 3.42. The standard InChI is InChI=1S/C30H42NO8/c1-11-12-31(21(13-18(2)3)30(32)39-10)16-19-14-22(33-4)26(35-6)28(37-8)24(19)25-20(17-31)15-23(34-5)27(36-7)29(25)38-9/h11,14-15,18,21H,1,12-13,16-17H2,2-10H3/q+1. The Balaban J connectivity index is 2.58. The first-order valence-electron chi connectivity index (χ1n) is 12.9. The zero-order valence-corrected chi connectivity index (χ0v) is 24.6. The Hall–Kier alpha value is -3.59. The van der Waals surface area contributed by atoms with E-state index in [-0.39, 0.29) is 11.9 Å². The maximum atomic E-state index is 13.4. The highest BCUT2D eigenvalue weighted by atomic mass is 16.5. The number of ether oxygens (including phenoxy) is 7. The predicted molar refractivity (Wildman–Crippen MR) is 149 cm³/mol. The zero-order chi connectivity index (χ0) is 28.9. The maximum Gasteiger partial charge on any atom is 0.364 e. The van der Waals surface area contributed by atoms with E-state index in [0.29, 0.717) is 65.0 Å². The number of rotatable bonds is 12. The van der Waals surface area contributed by atoms with Crippen LogP contribution in [0, 0.1) is 5.92 Å². The van der Waals surface area contributed by atoms with E-state index >= 15 is 0 Å². The van der Waals surface area contributed by atoms with Crippen LogP contribution in [0.25, 0.3) is 11.1 Å². The van der Waals surface area contributed by atoms with Gasteiger partial charge in [-0.15, -0.1) is 0 Å². The summed E-state index contributed by atoms with van der Waals surface area (Å²) < 4.78 is 40.7. The van der Waals surface area contributed by atoms with Gasteiger partial charge >= 0.3 is 5.97 Å². The molecule has 0 spiro atoms. The van der Waals surface area contributed by atoms with Gasteiger partial charge in [-0.1, -0.05) is 20.4 Å². The molecule has 1 aliphatic heterocycles. The molecule has 1 aliphatic rings. The Kier molecular flexibility index (Phi) is 9.61. The first-order chi connectivity index (χ1) is 18.7. The topological polar surface area (TPSA) is 81.7 Å². The molecule has 0 aromatic heterocycles. The van der Waals surface area contributed by atoms with Crippen LogP contribution in [0.4, 0.5) is 0 Å². The van der Waals surface area contributed by atoms with Gasteiger partial charge in [0.05, 0.1) is 56.3 Å². The van der Waals surface area contributed by atoms with Crippen molar-refractivity contribution in [3.63, 3.8) is 0 Å². The molecule has 0 bridgehead atoms. The Bertz CT molecular complexity index is 1130. The van der Waals surface area contributed by atoms with Crippen molar-refractivity contribution in [2.75, 3.05) is 56.3 Å². The summed E-state index contributed by atoms with van der Waals surface area (Å²) in [5.74, 6) is 2.92. The lowest BCUT2D eigenvalue weighted by molar-refractivity contribution is -0.963. The molecule has 9 nitrogen and oxygen atoms in total. The number of fused-ring (bicyclic) bond motifs is 3. The van der Waals surface area contributed by atoms with Crippen LogP contribution in [0.5, 0.6) is 34.5 Å². The lowest BCUT2D eigenvalue weighted by Crippen LogP contribution is -2.58. The van der Waals surface area contributed by atoms with Gasteiger partial charge in [0.15, 0.2) is 29.0 Å². The van der Waals surface area contributed by atoms with Crippen LogP contribution in [0.15, 0.2) is 24.8 Å². The average molecular weight is 545 g/mol. The SMILES string of the molecule is C=CC[N+]1(C(CC(C)C)C(=O)OC)Cc2cc(OC)c(OC)c(OC)c2-c2c(cc(OC)c(OC)c2OC)C1. The van der Waals surface area contributed by atoms with Gasteiger partial charge < -0.3 is 37.6 Å². The molecule has 9 heteroatoms. The number of nitrogens with zero attached hydrogens (tertiary/aromatic N) is 1. The summed E-state index contributed by atoms with van der Waals surface area (Å²) in [4.78, 5) is 13.4. The van der Waals surface area contributed by atoms with Gasteiger partial charge in [0, 0.05) is 28.7 Å². The number of methoxy groups -OCH3 is 7. The molecule has 0 aliphatic carbocycles. The second kappa shape index (κ2) is 12.5. The third-order valence-corrected chi connectivity index (χ3v) is 7.37. The second-order valence-electron chi connectivity index (χ2n) is 10.0. The van der Waals surface area contributed by atoms with Crippen LogP contribution in [-0.2, 0) is 22.6 Å². The molecule has 1 unspecified atom stereocenters. The van der Waals surface area contributed by atoms with Crippen molar-refractivity contribution in [3.8, 4) is 45.6 Å². The molecule has 2 aromatic carbocycles. The van der Waals surface area contributed by atoms with Crippen LogP contribution in [0.1, 0.15) is 31.4 Å². The van der Waals surface area contributed by atoms with Crippen LogP contribution < -0.4 is 28.4 Å². The van der Waals surface area contributed by atoms with E-state index in [0.717, 1.165) is 22.3 Å². The van der Waals surface area contributed by atoms with Gasteiger partial charge in [0.25, 0.3) is 0 Å². The molecular weight excluding hydrogens is 502 g/mol. The molecule has 2 aromatic rings. The van der Waals surface area contributed by atoms with E-state index in [9.17, 15) is 4.79 Å². The lowest BCUT2D eigenvalue weighted by atomic mass is 9.93. The Morgan fingerprint density at radius 3 is 1.54 bits per heavy atom. The highest BCUT2D eigenvalue weighted by molar-refractivity contribution is 5.88. The van der Waals surface area contributed by atoms with E-state index in [4.69, 9.17) is 33.2 Å². The first-order valence-corrected chi connectivity index (χ1v) is 12.9. The average Bonchev–Trinajstić information content (AvgIpc) is 3.07. The molecule has 3 rings (SSSR count). The highest BCUT2D eigenvalue weighted by Crippen LogP contribution is 2.56. The van der Waals surface area contributed by atoms with Gasteiger partial charge in [0.2, 0.25) is 11.5 Å². The number of benzene rings is 2. The molecule has 1 atom stereocenters. The first kappa shape index (κ1) is 30.0. The lowest BCUT2D eigenvalue weighted by Gasteiger charge is -2.43. The smallest absolute Gasteiger partial charge is 0.364 e. The minimum atomic E-state index is -0.468. The van der Waals surface area contributed by atoms with E-state index in [1.165, 1.54) is 7.11 Å². The molecule has 1 heterocycles. The van der Waals surface area contributed by atoms with Crippen molar-refractivity contribution in [2.45, 2.75) is 39.4 Å². The Morgan fingerprint density at radius 2 is 1.23 bits per heavy atom. The molecule has 0 radical (unpaired) electrons. The van der Waals surface area contributed by atoms with Crippen molar-refractivity contribution >= 4 is 5.97 Å². The van der Waals surface area contributed by atoms with Crippen molar-refractivity contribution in [1.29, 1.82) is 0 Å². The van der Waals surface area contributed by atoms with Gasteiger partial charge in [-0.3, -0.25) is 0 Å². The van der Waals surface area contributed by atoms with Crippen molar-refractivity contribution < 1.29 is 42.4 Å². The fourth-order valence-corrected chi connectivity index (χ4v) is 5.81. The fourth-order valence-electron chi connectivity index (χ4n) is 5.81. The number of quaternary nitrogens is 1. The van der Waals surface area contributed by atoms with Crippen LogP contribution >= 0.6 is 0 Å². The summed E-state index contributed by atoms with van der Waals surface area (Å²) in [6.45, 7) is 9.73.